The van der Waals surface area contributed by atoms with Gasteiger partial charge in [-0.25, -0.2) is 0 Å². The molecule has 0 aliphatic carbocycles. The third-order valence-corrected chi connectivity index (χ3v) is 3.59. The Kier molecular flexibility index (Phi) is 3.84. The first-order chi connectivity index (χ1) is 7.68. The summed E-state index contributed by atoms with van der Waals surface area (Å²) in [5.41, 5.74) is 1.72. The van der Waals surface area contributed by atoms with Gasteiger partial charge in [-0.2, -0.15) is 0 Å². The third kappa shape index (κ3) is 2.56. The highest BCUT2D eigenvalue weighted by molar-refractivity contribution is 14.1. The van der Waals surface area contributed by atoms with E-state index in [1.54, 1.807) is 6.07 Å². The Hall–Kier alpha value is -0.580. The maximum atomic E-state index is 10.2. The van der Waals surface area contributed by atoms with Crippen LogP contribution in [0.3, 0.4) is 0 Å². The van der Waals surface area contributed by atoms with Gasteiger partial charge in [0.15, 0.2) is 0 Å². The van der Waals surface area contributed by atoms with Crippen molar-refractivity contribution in [3.8, 4) is 0 Å². The molecule has 0 aromatic heterocycles. The standard InChI is InChI=1S/C13H10ClIO/c14-10-6-7-12(15)11(8-10)13(16)9-4-2-1-3-5-9/h1-8,13,16H. The summed E-state index contributed by atoms with van der Waals surface area (Å²) in [5.74, 6) is 0. The lowest BCUT2D eigenvalue weighted by atomic mass is 10.0. The molecule has 0 fully saturated rings. The van der Waals surface area contributed by atoms with Crippen LogP contribution in [-0.2, 0) is 0 Å². The molecule has 1 unspecified atom stereocenters. The van der Waals surface area contributed by atoms with Gasteiger partial charge in [-0.05, 0) is 51.9 Å². The molecule has 0 bridgehead atoms. The van der Waals surface area contributed by atoms with Crippen molar-refractivity contribution in [3.05, 3.63) is 68.3 Å². The van der Waals surface area contributed by atoms with Gasteiger partial charge >= 0.3 is 0 Å². The summed E-state index contributed by atoms with van der Waals surface area (Å²) < 4.78 is 1.01. The fourth-order valence-corrected chi connectivity index (χ4v) is 2.35. The van der Waals surface area contributed by atoms with Crippen molar-refractivity contribution in [3.63, 3.8) is 0 Å². The zero-order valence-electron chi connectivity index (χ0n) is 8.40. The maximum absolute atomic E-state index is 10.2. The molecule has 82 valence electrons. The van der Waals surface area contributed by atoms with Gasteiger partial charge in [-0.15, -0.1) is 0 Å². The van der Waals surface area contributed by atoms with Gasteiger partial charge in [-0.1, -0.05) is 41.9 Å². The van der Waals surface area contributed by atoms with Crippen molar-refractivity contribution in [1.82, 2.24) is 0 Å². The average Bonchev–Trinajstić information content (AvgIpc) is 2.32. The highest BCUT2D eigenvalue weighted by Crippen LogP contribution is 2.28. The number of halogens is 2. The SMILES string of the molecule is OC(c1ccccc1)c1cc(Cl)ccc1I. The zero-order valence-corrected chi connectivity index (χ0v) is 11.3. The lowest BCUT2D eigenvalue weighted by Gasteiger charge is -2.13. The van der Waals surface area contributed by atoms with E-state index in [9.17, 15) is 5.11 Å². The molecule has 1 nitrogen and oxygen atoms in total. The largest absolute Gasteiger partial charge is 0.384 e. The molecule has 2 aromatic carbocycles. The van der Waals surface area contributed by atoms with Gasteiger partial charge in [0.2, 0.25) is 0 Å². The molecule has 0 aliphatic rings. The van der Waals surface area contributed by atoms with Crippen LogP contribution in [0.15, 0.2) is 48.5 Å². The lowest BCUT2D eigenvalue weighted by molar-refractivity contribution is 0.219. The fraction of sp³-hybridized carbons (Fsp3) is 0.0769. The molecular weight excluding hydrogens is 334 g/mol. The van der Waals surface area contributed by atoms with E-state index in [0.29, 0.717) is 5.02 Å². The number of hydrogen-bond donors (Lipinski definition) is 1. The molecule has 0 aliphatic heterocycles. The number of hydrogen-bond acceptors (Lipinski definition) is 1. The van der Waals surface area contributed by atoms with Gasteiger partial charge in [-0.3, -0.25) is 0 Å². The van der Waals surface area contributed by atoms with Crippen LogP contribution in [0.4, 0.5) is 0 Å². The van der Waals surface area contributed by atoms with Gasteiger partial charge in [0.25, 0.3) is 0 Å². The summed E-state index contributed by atoms with van der Waals surface area (Å²) >= 11 is 8.13. The molecule has 2 aromatic rings. The van der Waals surface area contributed by atoms with Crippen molar-refractivity contribution in [1.29, 1.82) is 0 Å². The Morgan fingerprint density at radius 2 is 1.75 bits per heavy atom. The third-order valence-electron chi connectivity index (χ3n) is 2.37. The van der Waals surface area contributed by atoms with Crippen molar-refractivity contribution in [2.75, 3.05) is 0 Å². The zero-order chi connectivity index (χ0) is 11.5. The second kappa shape index (κ2) is 5.17. The molecular formula is C13H10ClIO. The number of rotatable bonds is 2. The van der Waals surface area contributed by atoms with E-state index in [2.05, 4.69) is 22.6 Å². The van der Waals surface area contributed by atoms with Crippen molar-refractivity contribution >= 4 is 34.2 Å². The predicted molar refractivity (Wildman–Crippen MR) is 74.7 cm³/mol. The minimum atomic E-state index is -0.619. The summed E-state index contributed by atoms with van der Waals surface area (Å²) in [6.45, 7) is 0. The minimum absolute atomic E-state index is 0.619. The van der Waals surface area contributed by atoms with Crippen molar-refractivity contribution < 1.29 is 5.11 Å². The van der Waals surface area contributed by atoms with E-state index < -0.39 is 6.10 Å². The summed E-state index contributed by atoms with van der Waals surface area (Å²) in [6, 6.07) is 15.1. The molecule has 0 radical (unpaired) electrons. The van der Waals surface area contributed by atoms with Crippen LogP contribution >= 0.6 is 34.2 Å². The molecule has 3 heteroatoms. The average molecular weight is 345 g/mol. The van der Waals surface area contributed by atoms with Crippen LogP contribution < -0.4 is 0 Å². The van der Waals surface area contributed by atoms with Crippen LogP contribution in [0.25, 0.3) is 0 Å². The van der Waals surface area contributed by atoms with E-state index >= 15 is 0 Å². The van der Waals surface area contributed by atoms with Crippen molar-refractivity contribution in [2.45, 2.75) is 6.10 Å². The van der Waals surface area contributed by atoms with Crippen LogP contribution in [0.1, 0.15) is 17.2 Å². The molecule has 1 atom stereocenters. The van der Waals surface area contributed by atoms with Crippen LogP contribution in [-0.4, -0.2) is 5.11 Å². The second-order valence-corrected chi connectivity index (χ2v) is 5.08. The Morgan fingerprint density at radius 3 is 2.44 bits per heavy atom. The number of benzene rings is 2. The van der Waals surface area contributed by atoms with Gasteiger partial charge in [0, 0.05) is 8.59 Å². The van der Waals surface area contributed by atoms with E-state index in [1.165, 1.54) is 0 Å². The summed E-state index contributed by atoms with van der Waals surface area (Å²) in [4.78, 5) is 0. The first-order valence-electron chi connectivity index (χ1n) is 4.86. The summed E-state index contributed by atoms with van der Waals surface area (Å²) in [5, 5.41) is 10.9. The Balaban J connectivity index is 2.41. The molecule has 2 rings (SSSR count). The molecule has 0 spiro atoms. The molecule has 1 N–H and O–H groups in total. The lowest BCUT2D eigenvalue weighted by Crippen LogP contribution is -2.01. The summed E-state index contributed by atoms with van der Waals surface area (Å²) in [7, 11) is 0. The topological polar surface area (TPSA) is 20.2 Å². The highest BCUT2D eigenvalue weighted by Gasteiger charge is 2.13. The second-order valence-electron chi connectivity index (χ2n) is 3.48. The quantitative estimate of drug-likeness (QED) is 0.816. The Labute approximate surface area is 113 Å². The van der Waals surface area contributed by atoms with E-state index in [0.717, 1.165) is 14.7 Å². The summed E-state index contributed by atoms with van der Waals surface area (Å²) in [6.07, 6.45) is -0.619. The maximum Gasteiger partial charge on any atom is 0.105 e. The van der Waals surface area contributed by atoms with E-state index in [-0.39, 0.29) is 0 Å². The number of aliphatic hydroxyl groups is 1. The number of aliphatic hydroxyl groups excluding tert-OH is 1. The van der Waals surface area contributed by atoms with Crippen LogP contribution in [0.2, 0.25) is 5.02 Å². The first kappa shape index (κ1) is 11.9. The van der Waals surface area contributed by atoms with E-state index in [4.69, 9.17) is 11.6 Å². The minimum Gasteiger partial charge on any atom is -0.384 e. The fourth-order valence-electron chi connectivity index (χ4n) is 1.54. The normalized spacial score (nSPS) is 12.4. The van der Waals surface area contributed by atoms with E-state index in [1.807, 2.05) is 42.5 Å². The monoisotopic (exact) mass is 344 g/mol. The first-order valence-corrected chi connectivity index (χ1v) is 6.32. The predicted octanol–water partition coefficient (Wildman–Crippen LogP) is 4.03. The van der Waals surface area contributed by atoms with Crippen LogP contribution in [0, 0.1) is 3.57 Å². The molecule has 0 saturated heterocycles. The van der Waals surface area contributed by atoms with Crippen LogP contribution in [0.5, 0.6) is 0 Å². The van der Waals surface area contributed by atoms with Gasteiger partial charge < -0.3 is 5.11 Å². The molecule has 0 amide bonds. The molecule has 16 heavy (non-hydrogen) atoms. The Bertz CT molecular complexity index is 485. The smallest absolute Gasteiger partial charge is 0.105 e. The van der Waals surface area contributed by atoms with Gasteiger partial charge in [0.05, 0.1) is 0 Å². The Morgan fingerprint density at radius 1 is 1.06 bits per heavy atom. The molecule has 0 saturated carbocycles. The van der Waals surface area contributed by atoms with Crippen molar-refractivity contribution in [2.24, 2.45) is 0 Å². The highest BCUT2D eigenvalue weighted by atomic mass is 127. The molecule has 0 heterocycles. The van der Waals surface area contributed by atoms with Gasteiger partial charge in [0.1, 0.15) is 6.10 Å².